The maximum Gasteiger partial charge on any atom is 0.113 e. The highest BCUT2D eigenvalue weighted by molar-refractivity contribution is 7.80. The third-order valence-corrected chi connectivity index (χ3v) is 2.48. The number of nitrogens with two attached hydrogens (primary N) is 1. The average Bonchev–Trinajstić information content (AvgIpc) is 2.59. The van der Waals surface area contributed by atoms with E-state index in [0.29, 0.717) is 11.0 Å². The number of fused-ring (bicyclic) bond motifs is 1. The SMILES string of the molecule is CC(C)n1nnc2cc(C(N)=S)ccc21. The largest absolute Gasteiger partial charge is 0.389 e. The maximum atomic E-state index is 5.55. The number of nitrogens with zero attached hydrogens (tertiary/aromatic N) is 3. The number of hydrogen-bond acceptors (Lipinski definition) is 3. The van der Waals surface area contributed by atoms with Gasteiger partial charge in [-0.2, -0.15) is 0 Å². The second kappa shape index (κ2) is 3.58. The normalized spacial score (nSPS) is 11.1. The van der Waals surface area contributed by atoms with Crippen molar-refractivity contribution in [1.29, 1.82) is 0 Å². The predicted octanol–water partition coefficient (Wildman–Crippen LogP) is 1.65. The summed E-state index contributed by atoms with van der Waals surface area (Å²) in [5.41, 5.74) is 8.21. The molecule has 0 spiro atoms. The van der Waals surface area contributed by atoms with Crippen LogP contribution in [0.25, 0.3) is 11.0 Å². The molecule has 0 amide bonds. The summed E-state index contributed by atoms with van der Waals surface area (Å²) in [4.78, 5) is 0.385. The van der Waals surface area contributed by atoms with E-state index in [1.165, 1.54) is 0 Å². The standard InChI is InChI=1S/C10H12N4S/c1-6(2)14-9-4-3-7(10(11)15)5-8(9)12-13-14/h3-6H,1-2H3,(H2,11,15). The fourth-order valence-corrected chi connectivity index (χ4v) is 1.60. The topological polar surface area (TPSA) is 56.7 Å². The minimum atomic E-state index is 0.297. The van der Waals surface area contributed by atoms with E-state index in [-0.39, 0.29) is 0 Å². The van der Waals surface area contributed by atoms with E-state index < -0.39 is 0 Å². The van der Waals surface area contributed by atoms with Crippen LogP contribution in [0.1, 0.15) is 25.5 Å². The van der Waals surface area contributed by atoms with E-state index in [1.807, 2.05) is 22.9 Å². The van der Waals surface area contributed by atoms with Gasteiger partial charge in [0.25, 0.3) is 0 Å². The van der Waals surface area contributed by atoms with Crippen LogP contribution < -0.4 is 5.73 Å². The molecule has 0 saturated heterocycles. The molecule has 0 aliphatic rings. The second-order valence-electron chi connectivity index (χ2n) is 3.70. The molecule has 0 fully saturated rings. The molecule has 0 bridgehead atoms. The first-order valence-electron chi connectivity index (χ1n) is 4.74. The zero-order chi connectivity index (χ0) is 11.0. The van der Waals surface area contributed by atoms with Crippen molar-refractivity contribution in [2.75, 3.05) is 0 Å². The monoisotopic (exact) mass is 220 g/mol. The molecule has 1 heterocycles. The van der Waals surface area contributed by atoms with Crippen LogP contribution >= 0.6 is 12.2 Å². The van der Waals surface area contributed by atoms with Gasteiger partial charge in [0, 0.05) is 11.6 Å². The molecule has 2 rings (SSSR count). The van der Waals surface area contributed by atoms with Gasteiger partial charge in [-0.15, -0.1) is 5.10 Å². The highest BCUT2D eigenvalue weighted by Crippen LogP contribution is 2.16. The second-order valence-corrected chi connectivity index (χ2v) is 4.14. The lowest BCUT2D eigenvalue weighted by atomic mass is 10.2. The third kappa shape index (κ3) is 1.70. The summed E-state index contributed by atoms with van der Waals surface area (Å²) in [7, 11) is 0. The molecule has 5 heteroatoms. The van der Waals surface area contributed by atoms with Crippen molar-refractivity contribution < 1.29 is 0 Å². The van der Waals surface area contributed by atoms with Crippen molar-refractivity contribution >= 4 is 28.2 Å². The number of aromatic nitrogens is 3. The lowest BCUT2D eigenvalue weighted by molar-refractivity contribution is 0.530. The summed E-state index contributed by atoms with van der Waals surface area (Å²) in [5.74, 6) is 0. The van der Waals surface area contributed by atoms with Crippen LogP contribution in [0.2, 0.25) is 0 Å². The first kappa shape index (κ1) is 10.0. The Hall–Kier alpha value is -1.49. The van der Waals surface area contributed by atoms with Gasteiger partial charge >= 0.3 is 0 Å². The number of benzene rings is 1. The molecule has 2 aromatic rings. The average molecular weight is 220 g/mol. The lowest BCUT2D eigenvalue weighted by Crippen LogP contribution is -2.09. The first-order chi connectivity index (χ1) is 7.09. The zero-order valence-electron chi connectivity index (χ0n) is 8.64. The fourth-order valence-electron chi connectivity index (χ4n) is 1.48. The van der Waals surface area contributed by atoms with Gasteiger partial charge in [-0.1, -0.05) is 17.4 Å². The molecule has 1 aromatic carbocycles. The zero-order valence-corrected chi connectivity index (χ0v) is 9.45. The summed E-state index contributed by atoms with van der Waals surface area (Å²) in [5, 5.41) is 8.16. The quantitative estimate of drug-likeness (QED) is 0.782. The Morgan fingerprint density at radius 2 is 2.20 bits per heavy atom. The van der Waals surface area contributed by atoms with E-state index >= 15 is 0 Å². The Balaban J connectivity index is 2.61. The molecule has 0 radical (unpaired) electrons. The molecule has 4 nitrogen and oxygen atoms in total. The minimum absolute atomic E-state index is 0.297. The van der Waals surface area contributed by atoms with E-state index in [2.05, 4.69) is 24.2 Å². The molecule has 0 unspecified atom stereocenters. The van der Waals surface area contributed by atoms with Gasteiger partial charge in [-0.05, 0) is 32.0 Å². The number of rotatable bonds is 2. The Bertz CT molecular complexity index is 515. The Kier molecular flexibility index (Phi) is 2.40. The summed E-state index contributed by atoms with van der Waals surface area (Å²) < 4.78 is 1.87. The molecule has 0 aliphatic heterocycles. The predicted molar refractivity (Wildman–Crippen MR) is 63.8 cm³/mol. The maximum absolute atomic E-state index is 5.55. The fraction of sp³-hybridized carbons (Fsp3) is 0.300. The van der Waals surface area contributed by atoms with Crippen LogP contribution in [0.4, 0.5) is 0 Å². The van der Waals surface area contributed by atoms with Crippen molar-refractivity contribution in [3.05, 3.63) is 23.8 Å². The number of hydrogen-bond donors (Lipinski definition) is 1. The van der Waals surface area contributed by atoms with Gasteiger partial charge in [-0.25, -0.2) is 4.68 Å². The highest BCUT2D eigenvalue weighted by Gasteiger charge is 2.08. The van der Waals surface area contributed by atoms with Crippen LogP contribution in [0.3, 0.4) is 0 Å². The van der Waals surface area contributed by atoms with Crippen molar-refractivity contribution in [2.24, 2.45) is 5.73 Å². The van der Waals surface area contributed by atoms with Crippen LogP contribution in [0, 0.1) is 0 Å². The number of thiocarbonyl (C=S) groups is 1. The molecule has 1 aromatic heterocycles. The molecule has 0 saturated carbocycles. The lowest BCUT2D eigenvalue weighted by Gasteiger charge is -2.05. The van der Waals surface area contributed by atoms with Crippen molar-refractivity contribution in [3.8, 4) is 0 Å². The highest BCUT2D eigenvalue weighted by atomic mass is 32.1. The molecular formula is C10H12N4S. The van der Waals surface area contributed by atoms with E-state index in [1.54, 1.807) is 0 Å². The van der Waals surface area contributed by atoms with Crippen LogP contribution in [0.5, 0.6) is 0 Å². The molecule has 0 aliphatic carbocycles. The minimum Gasteiger partial charge on any atom is -0.389 e. The smallest absolute Gasteiger partial charge is 0.113 e. The first-order valence-corrected chi connectivity index (χ1v) is 5.15. The van der Waals surface area contributed by atoms with Gasteiger partial charge in [0.15, 0.2) is 0 Å². The van der Waals surface area contributed by atoms with E-state index in [0.717, 1.165) is 16.6 Å². The summed E-state index contributed by atoms with van der Waals surface area (Å²) in [6, 6.07) is 6.01. The van der Waals surface area contributed by atoms with Gasteiger partial charge in [0.1, 0.15) is 10.5 Å². The molecule has 0 atom stereocenters. The third-order valence-electron chi connectivity index (χ3n) is 2.24. The van der Waals surface area contributed by atoms with Gasteiger partial charge in [0.2, 0.25) is 0 Å². The molecule has 15 heavy (non-hydrogen) atoms. The van der Waals surface area contributed by atoms with Crippen molar-refractivity contribution in [1.82, 2.24) is 15.0 Å². The van der Waals surface area contributed by atoms with Crippen molar-refractivity contribution in [2.45, 2.75) is 19.9 Å². The van der Waals surface area contributed by atoms with Crippen LogP contribution in [-0.2, 0) is 0 Å². The van der Waals surface area contributed by atoms with E-state index in [9.17, 15) is 0 Å². The summed E-state index contributed by atoms with van der Waals surface area (Å²) >= 11 is 4.91. The van der Waals surface area contributed by atoms with Crippen LogP contribution in [-0.4, -0.2) is 20.0 Å². The summed E-state index contributed by atoms with van der Waals surface area (Å²) in [6.45, 7) is 4.13. The van der Waals surface area contributed by atoms with Gasteiger partial charge < -0.3 is 5.73 Å². The van der Waals surface area contributed by atoms with Crippen molar-refractivity contribution in [3.63, 3.8) is 0 Å². The van der Waals surface area contributed by atoms with Gasteiger partial charge in [0.05, 0.1) is 5.52 Å². The molecule has 2 N–H and O–H groups in total. The Morgan fingerprint density at radius 1 is 1.47 bits per heavy atom. The molecule has 78 valence electrons. The van der Waals surface area contributed by atoms with E-state index in [4.69, 9.17) is 18.0 Å². The van der Waals surface area contributed by atoms with Crippen LogP contribution in [0.15, 0.2) is 18.2 Å². The Labute approximate surface area is 93.1 Å². The van der Waals surface area contributed by atoms with Gasteiger partial charge in [-0.3, -0.25) is 0 Å². The Morgan fingerprint density at radius 3 is 2.80 bits per heavy atom. The molecular weight excluding hydrogens is 208 g/mol. The summed E-state index contributed by atoms with van der Waals surface area (Å²) in [6.07, 6.45) is 0.